The Morgan fingerprint density at radius 1 is 1.15 bits per heavy atom. The van der Waals surface area contributed by atoms with Crippen molar-refractivity contribution in [2.45, 2.75) is 26.3 Å². The summed E-state index contributed by atoms with van der Waals surface area (Å²) in [5, 5.41) is 11.7. The third kappa shape index (κ3) is 2.83. The second-order valence-electron chi connectivity index (χ2n) is 6.39. The standard InChI is InChI=1S/C20H20N4O2/c1-3-10-24(13(2)19-12-14-6-4-5-7-18(14)26-19)20(25)15-8-9-16-17(11-15)22-23-21-16/h4-9,11-13H,3,10H2,1-2H3,(H,21,22,23). The highest BCUT2D eigenvalue weighted by Crippen LogP contribution is 2.29. The number of aromatic amines is 1. The van der Waals surface area contributed by atoms with Crippen LogP contribution in [0.5, 0.6) is 0 Å². The lowest BCUT2D eigenvalue weighted by Gasteiger charge is -2.27. The van der Waals surface area contributed by atoms with Crippen LogP contribution in [-0.4, -0.2) is 32.8 Å². The fraction of sp³-hybridized carbons (Fsp3) is 0.250. The summed E-state index contributed by atoms with van der Waals surface area (Å²) in [6.07, 6.45) is 0.864. The fourth-order valence-electron chi connectivity index (χ4n) is 3.21. The Morgan fingerprint density at radius 2 is 1.96 bits per heavy atom. The Balaban J connectivity index is 1.67. The molecule has 2 aromatic heterocycles. The van der Waals surface area contributed by atoms with Crippen LogP contribution in [0.2, 0.25) is 0 Å². The molecule has 26 heavy (non-hydrogen) atoms. The number of furan rings is 1. The molecule has 4 rings (SSSR count). The van der Waals surface area contributed by atoms with Gasteiger partial charge >= 0.3 is 0 Å². The number of rotatable bonds is 5. The van der Waals surface area contributed by atoms with E-state index < -0.39 is 0 Å². The van der Waals surface area contributed by atoms with Crippen LogP contribution in [0.3, 0.4) is 0 Å². The molecule has 0 saturated heterocycles. The summed E-state index contributed by atoms with van der Waals surface area (Å²) < 4.78 is 5.98. The van der Waals surface area contributed by atoms with Crippen molar-refractivity contribution in [1.82, 2.24) is 20.3 Å². The SMILES string of the molecule is CCCN(C(=O)c1ccc2n[nH]nc2c1)C(C)c1cc2ccccc2o1. The van der Waals surface area contributed by atoms with Crippen molar-refractivity contribution in [1.29, 1.82) is 0 Å². The van der Waals surface area contributed by atoms with E-state index >= 15 is 0 Å². The number of H-pyrrole nitrogens is 1. The van der Waals surface area contributed by atoms with Gasteiger partial charge in [0, 0.05) is 17.5 Å². The molecule has 0 aliphatic rings. The second-order valence-corrected chi connectivity index (χ2v) is 6.39. The smallest absolute Gasteiger partial charge is 0.254 e. The molecule has 1 amide bonds. The molecule has 1 unspecified atom stereocenters. The first-order valence-electron chi connectivity index (χ1n) is 8.77. The van der Waals surface area contributed by atoms with Crippen molar-refractivity contribution < 1.29 is 9.21 Å². The molecule has 0 saturated carbocycles. The number of hydrogen-bond donors (Lipinski definition) is 1. The van der Waals surface area contributed by atoms with Crippen molar-refractivity contribution in [3.05, 3.63) is 59.9 Å². The van der Waals surface area contributed by atoms with Crippen LogP contribution in [0.15, 0.2) is 52.9 Å². The molecule has 0 fully saturated rings. The first kappa shape index (κ1) is 16.3. The van der Waals surface area contributed by atoms with E-state index in [0.29, 0.717) is 17.6 Å². The zero-order valence-corrected chi connectivity index (χ0v) is 14.8. The van der Waals surface area contributed by atoms with Crippen molar-refractivity contribution in [2.75, 3.05) is 6.54 Å². The molecule has 0 aliphatic carbocycles. The molecule has 132 valence electrons. The number of amides is 1. The number of aromatic nitrogens is 3. The number of nitrogens with zero attached hydrogens (tertiary/aromatic N) is 3. The first-order chi connectivity index (χ1) is 12.7. The molecule has 6 heteroatoms. The van der Waals surface area contributed by atoms with Gasteiger partial charge in [0.2, 0.25) is 0 Å². The van der Waals surface area contributed by atoms with Crippen molar-refractivity contribution in [3.8, 4) is 0 Å². The highest BCUT2D eigenvalue weighted by atomic mass is 16.3. The molecule has 2 heterocycles. The van der Waals surface area contributed by atoms with Crippen molar-refractivity contribution >= 4 is 27.9 Å². The maximum atomic E-state index is 13.2. The molecule has 1 atom stereocenters. The molecular weight excluding hydrogens is 328 g/mol. The van der Waals surface area contributed by atoms with Crippen molar-refractivity contribution in [3.63, 3.8) is 0 Å². The van der Waals surface area contributed by atoms with Gasteiger partial charge in [-0.05, 0) is 43.7 Å². The number of para-hydroxylation sites is 1. The largest absolute Gasteiger partial charge is 0.459 e. The summed E-state index contributed by atoms with van der Waals surface area (Å²) in [6, 6.07) is 15.1. The molecule has 0 aliphatic heterocycles. The van der Waals surface area contributed by atoms with Crippen LogP contribution >= 0.6 is 0 Å². The molecule has 4 aromatic rings. The summed E-state index contributed by atoms with van der Waals surface area (Å²) in [7, 11) is 0. The van der Waals surface area contributed by atoms with Gasteiger partial charge in [-0.3, -0.25) is 4.79 Å². The zero-order chi connectivity index (χ0) is 18.1. The number of carbonyl (C=O) groups excluding carboxylic acids is 1. The summed E-state index contributed by atoms with van der Waals surface area (Å²) in [6.45, 7) is 4.71. The minimum Gasteiger partial charge on any atom is -0.459 e. The lowest BCUT2D eigenvalue weighted by atomic mass is 10.1. The van der Waals surface area contributed by atoms with Crippen molar-refractivity contribution in [2.24, 2.45) is 0 Å². The molecule has 2 aromatic carbocycles. The van der Waals surface area contributed by atoms with Gasteiger partial charge in [0.25, 0.3) is 5.91 Å². The van der Waals surface area contributed by atoms with Crippen LogP contribution in [0.25, 0.3) is 22.0 Å². The number of nitrogens with one attached hydrogen (secondary N) is 1. The Labute approximate surface area is 150 Å². The summed E-state index contributed by atoms with van der Waals surface area (Å²) in [4.78, 5) is 15.0. The Hall–Kier alpha value is -3.15. The lowest BCUT2D eigenvalue weighted by molar-refractivity contribution is 0.0672. The van der Waals surface area contributed by atoms with E-state index in [4.69, 9.17) is 4.42 Å². The quantitative estimate of drug-likeness (QED) is 0.583. The number of carbonyl (C=O) groups is 1. The first-order valence-corrected chi connectivity index (χ1v) is 8.77. The van der Waals surface area contributed by atoms with E-state index in [-0.39, 0.29) is 11.9 Å². The van der Waals surface area contributed by atoms with Crippen LogP contribution in [0.4, 0.5) is 0 Å². The zero-order valence-electron chi connectivity index (χ0n) is 14.8. The third-order valence-corrected chi connectivity index (χ3v) is 4.61. The highest BCUT2D eigenvalue weighted by molar-refractivity contribution is 5.97. The average Bonchev–Trinajstić information content (AvgIpc) is 3.30. The Bertz CT molecular complexity index is 1030. The van der Waals surface area contributed by atoms with Gasteiger partial charge in [0.1, 0.15) is 22.4 Å². The van der Waals surface area contributed by atoms with E-state index in [0.717, 1.165) is 28.7 Å². The van der Waals surface area contributed by atoms with E-state index in [1.165, 1.54) is 0 Å². The third-order valence-electron chi connectivity index (χ3n) is 4.61. The Kier molecular flexibility index (Phi) is 4.16. The normalized spacial score (nSPS) is 12.5. The van der Waals surface area contributed by atoms with Gasteiger partial charge in [0.15, 0.2) is 0 Å². The van der Waals surface area contributed by atoms with Gasteiger partial charge in [-0.1, -0.05) is 25.1 Å². The van der Waals surface area contributed by atoms with Gasteiger partial charge in [-0.25, -0.2) is 0 Å². The number of hydrogen-bond acceptors (Lipinski definition) is 4. The van der Waals surface area contributed by atoms with E-state index in [2.05, 4.69) is 22.3 Å². The Morgan fingerprint density at radius 3 is 2.77 bits per heavy atom. The minimum atomic E-state index is -0.164. The topological polar surface area (TPSA) is 75.0 Å². The summed E-state index contributed by atoms with van der Waals surface area (Å²) >= 11 is 0. The van der Waals surface area contributed by atoms with Crippen LogP contribution < -0.4 is 0 Å². The van der Waals surface area contributed by atoms with E-state index in [1.54, 1.807) is 12.1 Å². The predicted molar refractivity (Wildman–Crippen MR) is 99.8 cm³/mol. The predicted octanol–water partition coefficient (Wildman–Crippen LogP) is 4.32. The molecule has 0 radical (unpaired) electrons. The van der Waals surface area contributed by atoms with Crippen LogP contribution in [-0.2, 0) is 0 Å². The fourth-order valence-corrected chi connectivity index (χ4v) is 3.21. The maximum Gasteiger partial charge on any atom is 0.254 e. The van der Waals surface area contributed by atoms with E-state index in [1.807, 2.05) is 48.2 Å². The molecule has 0 bridgehead atoms. The maximum absolute atomic E-state index is 13.2. The van der Waals surface area contributed by atoms with Gasteiger partial charge in [0.05, 0.1) is 6.04 Å². The molecular formula is C20H20N4O2. The van der Waals surface area contributed by atoms with Crippen LogP contribution in [0, 0.1) is 0 Å². The van der Waals surface area contributed by atoms with Crippen LogP contribution in [0.1, 0.15) is 42.4 Å². The van der Waals surface area contributed by atoms with E-state index in [9.17, 15) is 4.79 Å². The van der Waals surface area contributed by atoms with Gasteiger partial charge in [-0.2, -0.15) is 15.4 Å². The highest BCUT2D eigenvalue weighted by Gasteiger charge is 2.25. The second kappa shape index (κ2) is 6.63. The summed E-state index contributed by atoms with van der Waals surface area (Å²) in [5.41, 5.74) is 2.86. The monoisotopic (exact) mass is 348 g/mol. The molecule has 6 nitrogen and oxygen atoms in total. The minimum absolute atomic E-state index is 0.0373. The van der Waals surface area contributed by atoms with Gasteiger partial charge < -0.3 is 9.32 Å². The number of fused-ring (bicyclic) bond motifs is 2. The molecule has 0 spiro atoms. The number of benzene rings is 2. The molecule has 1 N–H and O–H groups in total. The average molecular weight is 348 g/mol. The lowest BCUT2D eigenvalue weighted by Crippen LogP contribution is -2.34. The van der Waals surface area contributed by atoms with Gasteiger partial charge in [-0.15, -0.1) is 0 Å². The summed E-state index contributed by atoms with van der Waals surface area (Å²) in [5.74, 6) is 0.750.